The number of hydrogen-bond donors (Lipinski definition) is 2. The van der Waals surface area contributed by atoms with Crippen LogP contribution in [0.1, 0.15) is 150 Å². The lowest BCUT2D eigenvalue weighted by Gasteiger charge is -2.51. The zero-order valence-corrected chi connectivity index (χ0v) is 39.4. The van der Waals surface area contributed by atoms with Crippen LogP contribution in [0.3, 0.4) is 0 Å². The van der Waals surface area contributed by atoms with Crippen molar-refractivity contribution in [3.8, 4) is 11.5 Å². The number of fused-ring (bicyclic) bond motifs is 2. The molecule has 14 nitrogen and oxygen atoms in total. The van der Waals surface area contributed by atoms with Gasteiger partial charge in [0.2, 0.25) is 23.6 Å². The fraction of sp³-hybridized carbons (Fsp3) is 0.464. The Kier molecular flexibility index (Phi) is 11.8. The maximum Gasteiger partial charge on any atom is 0.255 e. The Labute approximate surface area is 408 Å². The van der Waals surface area contributed by atoms with Gasteiger partial charge in [0.25, 0.3) is 11.8 Å². The number of carbonyl (C=O) groups is 6. The van der Waals surface area contributed by atoms with Crippen LogP contribution in [0.5, 0.6) is 11.5 Å². The Morgan fingerprint density at radius 3 is 1.53 bits per heavy atom. The van der Waals surface area contributed by atoms with E-state index in [4.69, 9.17) is 9.47 Å². The Morgan fingerprint density at radius 1 is 0.471 bits per heavy atom. The number of amides is 6. The highest BCUT2D eigenvalue weighted by Crippen LogP contribution is 2.46. The second-order valence-corrected chi connectivity index (χ2v) is 20.8. The van der Waals surface area contributed by atoms with Gasteiger partial charge in [0.15, 0.2) is 0 Å². The molecule has 0 spiro atoms. The molecule has 6 fully saturated rings. The molecular formula is C56H60N6O8. The van der Waals surface area contributed by atoms with Gasteiger partial charge in [-0.05, 0) is 134 Å². The molecule has 4 saturated heterocycles. The third-order valence-corrected chi connectivity index (χ3v) is 16.9. The van der Waals surface area contributed by atoms with Crippen LogP contribution in [0.4, 0.5) is 0 Å². The maximum atomic E-state index is 13.5. The van der Waals surface area contributed by atoms with Gasteiger partial charge in [0.1, 0.15) is 35.8 Å². The summed E-state index contributed by atoms with van der Waals surface area (Å²) in [5, 5.41) is 4.79. The number of hydrogen-bond acceptors (Lipinski definition) is 10. The summed E-state index contributed by atoms with van der Waals surface area (Å²) < 4.78 is 13.8. The van der Waals surface area contributed by atoms with Crippen molar-refractivity contribution in [2.45, 2.75) is 151 Å². The third kappa shape index (κ3) is 8.26. The first-order chi connectivity index (χ1) is 34.1. The molecule has 3 unspecified atom stereocenters. The van der Waals surface area contributed by atoms with Gasteiger partial charge in [-0.3, -0.25) is 49.2 Å². The number of benzene rings is 4. The van der Waals surface area contributed by atoms with Crippen LogP contribution in [-0.4, -0.2) is 105 Å². The standard InChI is InChI=1S/C56H60N6O8/c63-51-22-19-46(53(65)57-51)61-31-37-28-39(15-17-41(37)55(61)67)69-49-9-5-4-8-45(49)59-26-24-44(59)35-12-10-33(11-13-35)36-14-21-50(48(30-36)60-27-25-43(60)34-6-2-1-3-7-34)70-40-16-18-42-38(29-40)32-62(56(42)68)47-20-23-52(64)58-54(47)66/h1-3,6-7,10-13,15-18,28-29,36,43-50H,4-5,8-9,14,19-27,30-32H2,(H,57,63,65)(H,58,64,66)/t36?,43-,44-,45+,46?,47?,48-,49-,50+/m1/s1. The molecule has 14 heteroatoms. The van der Waals surface area contributed by atoms with E-state index in [9.17, 15) is 28.8 Å². The fourth-order valence-electron chi connectivity index (χ4n) is 13.1. The molecule has 0 radical (unpaired) electrons. The number of likely N-dealkylation sites (tertiary alicyclic amines) is 2. The highest BCUT2D eigenvalue weighted by molar-refractivity contribution is 6.06. The predicted molar refractivity (Wildman–Crippen MR) is 257 cm³/mol. The molecule has 4 aromatic carbocycles. The fourth-order valence-corrected chi connectivity index (χ4v) is 13.1. The van der Waals surface area contributed by atoms with Crippen LogP contribution in [0, 0.1) is 0 Å². The number of rotatable bonds is 11. The van der Waals surface area contributed by atoms with Gasteiger partial charge in [0.05, 0.1) is 0 Å². The minimum atomic E-state index is -0.656. The number of nitrogens with one attached hydrogen (secondary N) is 2. The van der Waals surface area contributed by atoms with Crippen LogP contribution in [0.2, 0.25) is 0 Å². The van der Waals surface area contributed by atoms with E-state index in [1.54, 1.807) is 9.80 Å². The molecule has 0 aromatic heterocycles. The molecule has 70 heavy (non-hydrogen) atoms. The van der Waals surface area contributed by atoms with E-state index in [0.717, 1.165) is 93.5 Å². The lowest BCUT2D eigenvalue weighted by molar-refractivity contribution is -0.138. The molecule has 4 aromatic rings. The quantitative estimate of drug-likeness (QED) is 0.152. The Bertz CT molecular complexity index is 2750. The van der Waals surface area contributed by atoms with E-state index in [2.05, 4.69) is 75.0 Å². The average Bonchev–Trinajstić information content (AvgIpc) is 3.84. The highest BCUT2D eigenvalue weighted by atomic mass is 16.5. The second-order valence-electron chi connectivity index (χ2n) is 20.8. The van der Waals surface area contributed by atoms with Crippen molar-refractivity contribution in [3.63, 3.8) is 0 Å². The predicted octanol–water partition coefficient (Wildman–Crippen LogP) is 6.88. The third-order valence-electron chi connectivity index (χ3n) is 16.9. The minimum absolute atomic E-state index is 0.0274. The molecule has 2 N–H and O–H groups in total. The average molecular weight is 945 g/mol. The number of piperidine rings is 2. The van der Waals surface area contributed by atoms with Crippen molar-refractivity contribution in [2.24, 2.45) is 0 Å². The Morgan fingerprint density at radius 2 is 0.986 bits per heavy atom. The van der Waals surface area contributed by atoms with E-state index in [0.29, 0.717) is 55.1 Å². The highest BCUT2D eigenvalue weighted by Gasteiger charge is 2.46. The van der Waals surface area contributed by atoms with Crippen LogP contribution >= 0.6 is 0 Å². The van der Waals surface area contributed by atoms with Crippen molar-refractivity contribution in [3.05, 3.63) is 130 Å². The zero-order chi connectivity index (χ0) is 47.6. The van der Waals surface area contributed by atoms with E-state index < -0.39 is 23.9 Å². The first-order valence-electron chi connectivity index (χ1n) is 25.7. The van der Waals surface area contributed by atoms with E-state index in [-0.39, 0.29) is 60.8 Å². The SMILES string of the molecule is O=C1CCC(N2Cc3cc(O[C@H]4CCC(c5ccc([C@H]6CCN6[C@H]6CCCC[C@H]6Oc6ccc7c(c6)CN(C6CCC(=O)NC6=O)C7=O)cc5)C[C@H]4N4CC[C@@H]4c4ccccc4)ccc3C2=O)C(=O)N1. The number of ether oxygens (including phenoxy) is 2. The number of imide groups is 2. The van der Waals surface area contributed by atoms with Crippen molar-refractivity contribution in [2.75, 3.05) is 13.1 Å². The van der Waals surface area contributed by atoms with Crippen LogP contribution < -0.4 is 20.1 Å². The number of nitrogens with zero attached hydrogens (tertiary/aromatic N) is 4. The van der Waals surface area contributed by atoms with Gasteiger partial charge in [-0.25, -0.2) is 0 Å². The van der Waals surface area contributed by atoms with Gasteiger partial charge >= 0.3 is 0 Å². The molecular weight excluding hydrogens is 885 g/mol. The van der Waals surface area contributed by atoms with Gasteiger partial charge in [-0.15, -0.1) is 0 Å². The summed E-state index contributed by atoms with van der Waals surface area (Å²) in [6.45, 7) is 2.68. The summed E-state index contributed by atoms with van der Waals surface area (Å²) in [4.78, 5) is 84.2. The van der Waals surface area contributed by atoms with E-state index in [1.165, 1.54) is 16.7 Å². The van der Waals surface area contributed by atoms with Crippen LogP contribution in [0.25, 0.3) is 0 Å². The lowest BCUT2D eigenvalue weighted by atomic mass is 9.76. The number of carbonyl (C=O) groups excluding carboxylic acids is 6. The molecule has 2 aliphatic carbocycles. The van der Waals surface area contributed by atoms with Crippen molar-refractivity contribution in [1.82, 2.24) is 30.2 Å². The molecule has 6 aliphatic heterocycles. The molecule has 6 heterocycles. The van der Waals surface area contributed by atoms with Crippen LogP contribution in [-0.2, 0) is 32.3 Å². The molecule has 2 saturated carbocycles. The maximum absolute atomic E-state index is 13.5. The van der Waals surface area contributed by atoms with Gasteiger partial charge < -0.3 is 19.3 Å². The van der Waals surface area contributed by atoms with Gasteiger partial charge in [-0.1, -0.05) is 61.0 Å². The minimum Gasteiger partial charge on any atom is -0.489 e. The summed E-state index contributed by atoms with van der Waals surface area (Å²) in [6, 6.07) is 31.5. The summed E-state index contributed by atoms with van der Waals surface area (Å²) in [6.07, 6.45) is 10.5. The smallest absolute Gasteiger partial charge is 0.255 e. The Balaban J connectivity index is 0.717. The van der Waals surface area contributed by atoms with Gasteiger partial charge in [-0.2, -0.15) is 0 Å². The van der Waals surface area contributed by atoms with Crippen molar-refractivity contribution >= 4 is 35.4 Å². The molecule has 8 aliphatic rings. The van der Waals surface area contributed by atoms with Crippen molar-refractivity contribution < 1.29 is 38.2 Å². The topological polar surface area (TPSA) is 158 Å². The lowest BCUT2D eigenvalue weighted by Crippen LogP contribution is -2.56. The van der Waals surface area contributed by atoms with Crippen LogP contribution in [0.15, 0.2) is 91.0 Å². The molecule has 9 atom stereocenters. The summed E-state index contributed by atoms with van der Waals surface area (Å²) in [7, 11) is 0. The first-order valence-corrected chi connectivity index (χ1v) is 25.7. The van der Waals surface area contributed by atoms with E-state index >= 15 is 0 Å². The Hall–Kier alpha value is -6.38. The monoisotopic (exact) mass is 944 g/mol. The molecule has 362 valence electrons. The summed E-state index contributed by atoms with van der Waals surface area (Å²) in [5.74, 6) is 0.111. The first kappa shape index (κ1) is 44.8. The molecule has 6 amide bonds. The normalized spacial score (nSPS) is 30.3. The van der Waals surface area contributed by atoms with E-state index in [1.807, 2.05) is 36.4 Å². The summed E-state index contributed by atoms with van der Waals surface area (Å²) in [5.41, 5.74) is 6.92. The largest absolute Gasteiger partial charge is 0.489 e. The van der Waals surface area contributed by atoms with Gasteiger partial charge in [0, 0.05) is 74.3 Å². The molecule has 0 bridgehead atoms. The molecule has 12 rings (SSSR count). The second kappa shape index (κ2) is 18.4. The summed E-state index contributed by atoms with van der Waals surface area (Å²) >= 11 is 0. The zero-order valence-electron chi connectivity index (χ0n) is 39.4. The van der Waals surface area contributed by atoms with Crippen molar-refractivity contribution in [1.29, 1.82) is 0 Å².